The zero-order valence-electron chi connectivity index (χ0n) is 17.9. The number of thioether (sulfide) groups is 2. The van der Waals surface area contributed by atoms with E-state index in [0.29, 0.717) is 12.1 Å². The molecule has 0 atom stereocenters. The van der Waals surface area contributed by atoms with Crippen LogP contribution in [0.2, 0.25) is 0 Å². The molecule has 1 fully saturated rings. The van der Waals surface area contributed by atoms with E-state index in [1.807, 2.05) is 29.2 Å². The Morgan fingerprint density at radius 1 is 1.19 bits per heavy atom. The van der Waals surface area contributed by atoms with E-state index in [0.717, 1.165) is 58.8 Å². The van der Waals surface area contributed by atoms with Crippen LogP contribution >= 0.6 is 34.9 Å². The van der Waals surface area contributed by atoms with Crippen LogP contribution < -0.4 is 4.90 Å². The summed E-state index contributed by atoms with van der Waals surface area (Å²) in [7, 11) is 0. The van der Waals surface area contributed by atoms with Crippen molar-refractivity contribution in [2.75, 3.05) is 56.3 Å². The highest BCUT2D eigenvalue weighted by Crippen LogP contribution is 2.34. The molecule has 0 radical (unpaired) electrons. The number of rotatable bonds is 8. The molecule has 1 saturated heterocycles. The van der Waals surface area contributed by atoms with Crippen molar-refractivity contribution in [3.8, 4) is 0 Å². The zero-order chi connectivity index (χ0) is 21.6. The first-order chi connectivity index (χ1) is 15.2. The molecule has 1 amide bonds. The third kappa shape index (κ3) is 5.43. The molecule has 2 heterocycles. The average molecular weight is 474 g/mol. The van der Waals surface area contributed by atoms with Crippen LogP contribution in [0.5, 0.6) is 0 Å². The number of hydrogen-bond acceptors (Lipinski definition) is 7. The Balaban J connectivity index is 1.62. The predicted molar refractivity (Wildman–Crippen MR) is 133 cm³/mol. The quantitative estimate of drug-likeness (QED) is 0.424. The number of aromatic nitrogens is 1. The van der Waals surface area contributed by atoms with Gasteiger partial charge in [0.05, 0.1) is 23.4 Å². The SMILES string of the molecule is CCSc1ccc(C(=O)N(CCN2CCOCC2)c2nc3c(SC)cccc3s2)cc1. The van der Waals surface area contributed by atoms with Crippen LogP contribution in [-0.4, -0.2) is 67.2 Å². The van der Waals surface area contributed by atoms with E-state index < -0.39 is 0 Å². The van der Waals surface area contributed by atoms with Gasteiger partial charge >= 0.3 is 0 Å². The number of carbonyl (C=O) groups excluding carboxylic acids is 1. The fraction of sp³-hybridized carbons (Fsp3) is 0.391. The molecule has 0 unspecified atom stereocenters. The fourth-order valence-corrected chi connectivity index (χ4v) is 5.87. The van der Waals surface area contributed by atoms with Gasteiger partial charge in [-0.25, -0.2) is 4.98 Å². The van der Waals surface area contributed by atoms with E-state index in [4.69, 9.17) is 9.72 Å². The second kappa shape index (κ2) is 10.8. The maximum absolute atomic E-state index is 13.6. The van der Waals surface area contributed by atoms with Crippen molar-refractivity contribution >= 4 is 56.1 Å². The minimum Gasteiger partial charge on any atom is -0.379 e. The largest absolute Gasteiger partial charge is 0.379 e. The van der Waals surface area contributed by atoms with E-state index in [9.17, 15) is 4.79 Å². The van der Waals surface area contributed by atoms with Crippen LogP contribution in [0.25, 0.3) is 10.2 Å². The number of benzene rings is 2. The number of carbonyl (C=O) groups is 1. The first-order valence-electron chi connectivity index (χ1n) is 10.5. The number of nitrogens with zero attached hydrogens (tertiary/aromatic N) is 3. The highest BCUT2D eigenvalue weighted by molar-refractivity contribution is 7.99. The van der Waals surface area contributed by atoms with Crippen LogP contribution in [0, 0.1) is 0 Å². The molecule has 5 nitrogen and oxygen atoms in total. The lowest BCUT2D eigenvalue weighted by Crippen LogP contribution is -2.43. The van der Waals surface area contributed by atoms with Crippen molar-refractivity contribution in [2.24, 2.45) is 0 Å². The lowest BCUT2D eigenvalue weighted by atomic mass is 10.2. The van der Waals surface area contributed by atoms with Crippen molar-refractivity contribution in [3.63, 3.8) is 0 Å². The Morgan fingerprint density at radius 3 is 2.68 bits per heavy atom. The Labute approximate surface area is 196 Å². The number of ether oxygens (including phenoxy) is 1. The van der Waals surface area contributed by atoms with Crippen LogP contribution in [0.4, 0.5) is 5.13 Å². The summed E-state index contributed by atoms with van der Waals surface area (Å²) in [5.41, 5.74) is 1.68. The van der Waals surface area contributed by atoms with Crippen LogP contribution in [-0.2, 0) is 4.74 Å². The molecule has 4 rings (SSSR count). The topological polar surface area (TPSA) is 45.7 Å². The van der Waals surface area contributed by atoms with Gasteiger partial charge < -0.3 is 4.74 Å². The van der Waals surface area contributed by atoms with Crippen molar-refractivity contribution in [3.05, 3.63) is 48.0 Å². The maximum Gasteiger partial charge on any atom is 0.260 e. The average Bonchev–Trinajstić information content (AvgIpc) is 3.24. The summed E-state index contributed by atoms with van der Waals surface area (Å²) in [5, 5.41) is 0.766. The molecule has 8 heteroatoms. The minimum atomic E-state index is 0.00562. The molecule has 0 bridgehead atoms. The van der Waals surface area contributed by atoms with Crippen LogP contribution in [0.1, 0.15) is 17.3 Å². The molecule has 164 valence electrons. The lowest BCUT2D eigenvalue weighted by Gasteiger charge is -2.29. The molecular formula is C23H27N3O2S3. The normalized spacial score (nSPS) is 14.8. The Morgan fingerprint density at radius 2 is 1.97 bits per heavy atom. The Bertz CT molecular complexity index is 1020. The zero-order valence-corrected chi connectivity index (χ0v) is 20.3. The first-order valence-corrected chi connectivity index (χ1v) is 13.5. The number of thiazole rings is 1. The molecule has 1 aliphatic heterocycles. The predicted octanol–water partition coefficient (Wildman–Crippen LogP) is 5.11. The summed E-state index contributed by atoms with van der Waals surface area (Å²) in [6.07, 6.45) is 2.06. The highest BCUT2D eigenvalue weighted by Gasteiger charge is 2.23. The van der Waals surface area contributed by atoms with Gasteiger partial charge in [0.15, 0.2) is 5.13 Å². The van der Waals surface area contributed by atoms with Crippen molar-refractivity contribution in [1.82, 2.24) is 9.88 Å². The molecule has 0 spiro atoms. The van der Waals surface area contributed by atoms with Crippen molar-refractivity contribution in [1.29, 1.82) is 0 Å². The van der Waals surface area contributed by atoms with Gasteiger partial charge in [-0.2, -0.15) is 0 Å². The van der Waals surface area contributed by atoms with Crippen molar-refractivity contribution < 1.29 is 9.53 Å². The van der Waals surface area contributed by atoms with E-state index in [1.165, 1.54) is 4.90 Å². The molecule has 3 aromatic rings. The number of hydrogen-bond donors (Lipinski definition) is 0. The molecule has 1 aromatic heterocycles. The first kappa shape index (κ1) is 22.6. The summed E-state index contributed by atoms with van der Waals surface area (Å²) in [6, 6.07) is 14.2. The summed E-state index contributed by atoms with van der Waals surface area (Å²) >= 11 is 5.06. The van der Waals surface area contributed by atoms with E-state index >= 15 is 0 Å². The van der Waals surface area contributed by atoms with Gasteiger partial charge in [0.25, 0.3) is 5.91 Å². The summed E-state index contributed by atoms with van der Waals surface area (Å²) < 4.78 is 6.58. The van der Waals surface area contributed by atoms with Gasteiger partial charge in [0, 0.05) is 41.5 Å². The second-order valence-corrected chi connectivity index (χ2v) is 10.4. The van der Waals surface area contributed by atoms with E-state index in [2.05, 4.69) is 36.3 Å². The van der Waals surface area contributed by atoms with Gasteiger partial charge in [0.1, 0.15) is 0 Å². The summed E-state index contributed by atoms with van der Waals surface area (Å²) in [6.45, 7) is 6.87. The number of anilines is 1. The van der Waals surface area contributed by atoms with Crippen molar-refractivity contribution in [2.45, 2.75) is 16.7 Å². The molecule has 1 aliphatic rings. The molecule has 0 aliphatic carbocycles. The molecule has 2 aromatic carbocycles. The Hall–Kier alpha value is -1.58. The highest BCUT2D eigenvalue weighted by atomic mass is 32.2. The molecule has 0 saturated carbocycles. The maximum atomic E-state index is 13.6. The van der Waals surface area contributed by atoms with Gasteiger partial charge in [-0.3, -0.25) is 14.6 Å². The van der Waals surface area contributed by atoms with Gasteiger partial charge in [0.2, 0.25) is 0 Å². The standard InChI is InChI=1S/C23H27N3O2S3/c1-3-30-18-9-7-17(8-10-18)22(27)26(12-11-25-13-15-28-16-14-25)23-24-21-19(29-2)5-4-6-20(21)31-23/h4-10H,3,11-16H2,1-2H3. The number of para-hydroxylation sites is 1. The van der Waals surface area contributed by atoms with E-state index in [-0.39, 0.29) is 5.91 Å². The van der Waals surface area contributed by atoms with Gasteiger partial charge in [-0.05, 0) is 48.4 Å². The molecule has 0 N–H and O–H groups in total. The number of morpholine rings is 1. The second-order valence-electron chi connectivity index (χ2n) is 7.17. The monoisotopic (exact) mass is 473 g/mol. The number of amides is 1. The van der Waals surface area contributed by atoms with E-state index in [1.54, 1.807) is 34.9 Å². The molecular weight excluding hydrogens is 446 g/mol. The lowest BCUT2D eigenvalue weighted by molar-refractivity contribution is 0.0391. The third-order valence-electron chi connectivity index (χ3n) is 5.22. The summed E-state index contributed by atoms with van der Waals surface area (Å²) in [5.74, 6) is 1.02. The van der Waals surface area contributed by atoms with Crippen LogP contribution in [0.15, 0.2) is 52.3 Å². The number of fused-ring (bicyclic) bond motifs is 1. The fourth-order valence-electron chi connectivity index (χ4n) is 3.56. The van der Waals surface area contributed by atoms with Gasteiger partial charge in [-0.15, -0.1) is 23.5 Å². The Kier molecular flexibility index (Phi) is 7.90. The third-order valence-corrected chi connectivity index (χ3v) is 7.93. The molecule has 31 heavy (non-hydrogen) atoms. The van der Waals surface area contributed by atoms with Crippen LogP contribution in [0.3, 0.4) is 0 Å². The summed E-state index contributed by atoms with van der Waals surface area (Å²) in [4.78, 5) is 25.0. The smallest absolute Gasteiger partial charge is 0.260 e. The minimum absolute atomic E-state index is 0.00562. The van der Waals surface area contributed by atoms with Gasteiger partial charge in [-0.1, -0.05) is 24.3 Å².